The van der Waals surface area contributed by atoms with Crippen molar-refractivity contribution in [3.8, 4) is 0 Å². The smallest absolute Gasteiger partial charge is 0.0984 e. The van der Waals surface area contributed by atoms with Crippen LogP contribution in [-0.4, -0.2) is 29.0 Å². The Morgan fingerprint density at radius 3 is 2.74 bits per heavy atom. The molecule has 2 N–H and O–H groups in total. The van der Waals surface area contributed by atoms with Gasteiger partial charge in [-0.3, -0.25) is 0 Å². The van der Waals surface area contributed by atoms with E-state index in [4.69, 9.17) is 4.74 Å². The van der Waals surface area contributed by atoms with Crippen LogP contribution in [-0.2, 0) is 4.74 Å². The molecule has 0 saturated heterocycles. The fourth-order valence-corrected chi connectivity index (χ4v) is 3.82. The molecule has 2 aliphatic carbocycles. The summed E-state index contributed by atoms with van der Waals surface area (Å²) in [5.74, 6) is 1.03. The van der Waals surface area contributed by atoms with Gasteiger partial charge in [-0.05, 0) is 55.9 Å². The van der Waals surface area contributed by atoms with Crippen LogP contribution >= 0.6 is 0 Å². The van der Waals surface area contributed by atoms with Crippen LogP contribution in [0.5, 0.6) is 0 Å². The van der Waals surface area contributed by atoms with Gasteiger partial charge in [0.1, 0.15) is 0 Å². The zero-order valence-electron chi connectivity index (χ0n) is 14.4. The number of aliphatic hydroxyl groups excluding tert-OH is 2. The van der Waals surface area contributed by atoms with E-state index in [-0.39, 0.29) is 23.8 Å². The molecule has 0 aliphatic heterocycles. The van der Waals surface area contributed by atoms with E-state index in [2.05, 4.69) is 13.8 Å². The van der Waals surface area contributed by atoms with E-state index in [1.165, 1.54) is 0 Å². The first-order chi connectivity index (χ1) is 11.1. The third kappa shape index (κ3) is 4.80. The Bertz CT molecular complexity index is 444. The molecular weight excluding hydrogens is 295 g/mol. The molecule has 0 fully saturated rings. The molecule has 2 rings (SSSR count). The largest absolute Gasteiger partial charge is 0.498 e. The van der Waals surface area contributed by atoms with Crippen molar-refractivity contribution in [1.82, 2.24) is 0 Å². The topological polar surface area (TPSA) is 49.7 Å². The van der Waals surface area contributed by atoms with Gasteiger partial charge in [0.15, 0.2) is 0 Å². The summed E-state index contributed by atoms with van der Waals surface area (Å²) < 4.78 is 19.2. The van der Waals surface area contributed by atoms with E-state index < -0.39 is 6.10 Å². The molecule has 0 spiro atoms. The third-order valence-corrected chi connectivity index (χ3v) is 5.06. The van der Waals surface area contributed by atoms with Crippen LogP contribution in [0.3, 0.4) is 0 Å². The Hall–Kier alpha value is -0.870. The zero-order valence-corrected chi connectivity index (χ0v) is 14.4. The van der Waals surface area contributed by atoms with E-state index >= 15 is 0 Å². The summed E-state index contributed by atoms with van der Waals surface area (Å²) in [6.45, 7) is 4.74. The first-order valence-corrected chi connectivity index (χ1v) is 9.13. The Kier molecular flexibility index (Phi) is 7.09. The molecule has 0 aromatic carbocycles. The number of hydrogen-bond donors (Lipinski definition) is 2. The molecule has 0 bridgehead atoms. The lowest BCUT2D eigenvalue weighted by Crippen LogP contribution is -2.34. The van der Waals surface area contributed by atoms with Crippen molar-refractivity contribution in [2.24, 2.45) is 11.8 Å². The highest BCUT2D eigenvalue weighted by molar-refractivity contribution is 5.24. The van der Waals surface area contributed by atoms with Crippen molar-refractivity contribution in [3.05, 3.63) is 23.2 Å². The first-order valence-electron chi connectivity index (χ1n) is 9.13. The fourth-order valence-electron chi connectivity index (χ4n) is 3.82. The van der Waals surface area contributed by atoms with Crippen molar-refractivity contribution < 1.29 is 19.3 Å². The van der Waals surface area contributed by atoms with E-state index in [1.54, 1.807) is 6.08 Å². The summed E-state index contributed by atoms with van der Waals surface area (Å²) in [7, 11) is 0. The second-order valence-corrected chi connectivity index (χ2v) is 6.92. The zero-order chi connectivity index (χ0) is 16.8. The van der Waals surface area contributed by atoms with Gasteiger partial charge in [-0.25, -0.2) is 4.39 Å². The van der Waals surface area contributed by atoms with Crippen molar-refractivity contribution in [3.63, 3.8) is 0 Å². The van der Waals surface area contributed by atoms with Crippen LogP contribution in [0, 0.1) is 11.8 Å². The van der Waals surface area contributed by atoms with Crippen LogP contribution < -0.4 is 0 Å². The molecule has 0 aromatic rings. The number of halogens is 1. The lowest BCUT2D eigenvalue weighted by molar-refractivity contribution is 0.0334. The molecule has 4 heteroatoms. The van der Waals surface area contributed by atoms with E-state index in [0.717, 1.165) is 37.0 Å². The van der Waals surface area contributed by atoms with Gasteiger partial charge in [0.25, 0.3) is 0 Å². The molecule has 3 nitrogen and oxygen atoms in total. The number of hydrogen-bond acceptors (Lipinski definition) is 3. The Balaban J connectivity index is 2.19. The number of rotatable bonds is 7. The lowest BCUT2D eigenvalue weighted by atomic mass is 9.74. The van der Waals surface area contributed by atoms with Crippen molar-refractivity contribution in [2.45, 2.75) is 77.4 Å². The van der Waals surface area contributed by atoms with Crippen molar-refractivity contribution in [2.75, 3.05) is 6.61 Å². The van der Waals surface area contributed by atoms with Gasteiger partial charge in [-0.2, -0.15) is 0 Å². The van der Waals surface area contributed by atoms with Gasteiger partial charge < -0.3 is 14.9 Å². The highest BCUT2D eigenvalue weighted by atomic mass is 19.1. The summed E-state index contributed by atoms with van der Waals surface area (Å²) in [5, 5.41) is 21.0. The van der Waals surface area contributed by atoms with Crippen molar-refractivity contribution in [1.29, 1.82) is 0 Å². The van der Waals surface area contributed by atoms with Crippen LogP contribution in [0.25, 0.3) is 0 Å². The Morgan fingerprint density at radius 2 is 2.13 bits per heavy atom. The lowest BCUT2D eigenvalue weighted by Gasteiger charge is -2.37. The minimum absolute atomic E-state index is 0.0422. The van der Waals surface area contributed by atoms with Crippen LogP contribution in [0.1, 0.15) is 65.2 Å². The molecule has 0 amide bonds. The second-order valence-electron chi connectivity index (χ2n) is 6.92. The summed E-state index contributed by atoms with van der Waals surface area (Å²) in [6.07, 6.45) is 6.37. The highest BCUT2D eigenvalue weighted by Gasteiger charge is 2.36. The number of allylic oxidation sites excluding steroid dienone is 3. The van der Waals surface area contributed by atoms with E-state index in [1.807, 2.05) is 0 Å². The average Bonchev–Trinajstić information content (AvgIpc) is 2.54. The minimum Gasteiger partial charge on any atom is -0.498 e. The van der Waals surface area contributed by atoms with Gasteiger partial charge in [0, 0.05) is 6.42 Å². The van der Waals surface area contributed by atoms with Gasteiger partial charge >= 0.3 is 0 Å². The first kappa shape index (κ1) is 18.5. The maximum absolute atomic E-state index is 13.3. The molecule has 0 radical (unpaired) electrons. The predicted molar refractivity (Wildman–Crippen MR) is 89.4 cm³/mol. The summed E-state index contributed by atoms with van der Waals surface area (Å²) >= 11 is 0. The summed E-state index contributed by atoms with van der Waals surface area (Å²) in [4.78, 5) is 0. The van der Waals surface area contributed by atoms with Gasteiger partial charge in [-0.1, -0.05) is 26.3 Å². The molecule has 2 aliphatic rings. The molecular formula is C19H31FO3. The maximum Gasteiger partial charge on any atom is 0.0984 e. The minimum atomic E-state index is -0.577. The Labute approximate surface area is 139 Å². The molecule has 0 unspecified atom stereocenters. The number of ether oxygens (including phenoxy) is 1. The molecule has 0 heterocycles. The molecule has 132 valence electrons. The summed E-state index contributed by atoms with van der Waals surface area (Å²) in [5.41, 5.74) is 0.960. The summed E-state index contributed by atoms with van der Waals surface area (Å²) in [6, 6.07) is 0. The van der Waals surface area contributed by atoms with Crippen LogP contribution in [0.15, 0.2) is 23.2 Å². The quantitative estimate of drug-likeness (QED) is 0.735. The van der Waals surface area contributed by atoms with Gasteiger partial charge in [0.2, 0.25) is 0 Å². The monoisotopic (exact) mass is 326 g/mol. The second kappa shape index (κ2) is 8.84. The van der Waals surface area contributed by atoms with E-state index in [9.17, 15) is 14.6 Å². The molecule has 0 saturated carbocycles. The molecule has 0 aromatic heterocycles. The van der Waals surface area contributed by atoms with Crippen LogP contribution in [0.2, 0.25) is 0 Å². The van der Waals surface area contributed by atoms with E-state index in [0.29, 0.717) is 32.3 Å². The predicted octanol–water partition coefficient (Wildman–Crippen LogP) is 4.25. The molecule has 4 atom stereocenters. The fraction of sp³-hybridized carbons (Fsp3) is 0.789. The molecule has 23 heavy (non-hydrogen) atoms. The number of aliphatic hydroxyl groups is 2. The Morgan fingerprint density at radius 1 is 1.35 bits per heavy atom. The SMILES string of the molecule is CCCOC1=C([C@H]2CC=C(F)CC2)[C@@H](O)C[C@@H]([C@@H](O)CCC)C1. The van der Waals surface area contributed by atoms with Gasteiger partial charge in [0.05, 0.1) is 30.4 Å². The van der Waals surface area contributed by atoms with Crippen molar-refractivity contribution >= 4 is 0 Å². The normalized spacial score (nSPS) is 30.1. The highest BCUT2D eigenvalue weighted by Crippen LogP contribution is 2.41. The standard InChI is InChI=1S/C19H31FO3/c1-3-5-16(21)14-11-17(22)19(18(12-14)23-10-4-2)13-6-8-15(20)9-7-13/h8,13-14,16-17,21-22H,3-7,9-12H2,1-2H3/t13-,14+,16-,17-/m0/s1. The maximum atomic E-state index is 13.3. The van der Waals surface area contributed by atoms with Gasteiger partial charge in [-0.15, -0.1) is 0 Å². The third-order valence-electron chi connectivity index (χ3n) is 5.06. The van der Waals surface area contributed by atoms with Crippen LogP contribution in [0.4, 0.5) is 4.39 Å². The average molecular weight is 326 g/mol.